The van der Waals surface area contributed by atoms with Gasteiger partial charge in [-0.15, -0.1) is 0 Å². The molecule has 0 aliphatic carbocycles. The van der Waals surface area contributed by atoms with Gasteiger partial charge in [0, 0.05) is 22.4 Å². The third-order valence-electron chi connectivity index (χ3n) is 6.11. The average Bonchev–Trinajstić information content (AvgIpc) is 3.50. The van der Waals surface area contributed by atoms with Gasteiger partial charge in [-0.3, -0.25) is 10.00 Å². The fourth-order valence-electron chi connectivity index (χ4n) is 4.38. The maximum atomic E-state index is 12.4. The van der Waals surface area contributed by atoms with E-state index >= 15 is 0 Å². The van der Waals surface area contributed by atoms with Crippen molar-refractivity contribution in [1.82, 2.24) is 15.1 Å². The Morgan fingerprint density at radius 1 is 1.06 bits per heavy atom. The molecular weight excluding hydrogens is 508 g/mol. The lowest BCUT2D eigenvalue weighted by molar-refractivity contribution is 0.239. The maximum Gasteiger partial charge on any atom is 0.323 e. The molecule has 2 heterocycles. The van der Waals surface area contributed by atoms with Crippen molar-refractivity contribution in [3.8, 4) is 16.9 Å². The van der Waals surface area contributed by atoms with Gasteiger partial charge in [-0.2, -0.15) is 5.10 Å². The van der Waals surface area contributed by atoms with Gasteiger partial charge in [-0.25, -0.2) is 4.79 Å². The molecule has 0 unspecified atom stereocenters. The SMILES string of the molecule is Nc1n[nH]c2c(OCCN3CCCC3)ccc(-c3ccc(NC(=O)Nc4cccc(Br)c4)cc3)c12. The Kier molecular flexibility index (Phi) is 6.87. The molecule has 0 spiro atoms. The first-order valence-corrected chi connectivity index (χ1v) is 12.4. The van der Waals surface area contributed by atoms with Crippen molar-refractivity contribution >= 4 is 50.1 Å². The molecule has 1 aliphatic heterocycles. The van der Waals surface area contributed by atoms with Crippen LogP contribution in [-0.2, 0) is 0 Å². The van der Waals surface area contributed by atoms with Crippen LogP contribution in [0.4, 0.5) is 22.0 Å². The number of fused-ring (bicyclic) bond motifs is 1. The summed E-state index contributed by atoms with van der Waals surface area (Å²) < 4.78 is 6.97. The summed E-state index contributed by atoms with van der Waals surface area (Å²) in [4.78, 5) is 14.8. The van der Waals surface area contributed by atoms with E-state index in [4.69, 9.17) is 10.5 Å². The number of rotatable bonds is 7. The van der Waals surface area contributed by atoms with E-state index in [0.717, 1.165) is 51.9 Å². The summed E-state index contributed by atoms with van der Waals surface area (Å²) >= 11 is 3.40. The molecule has 1 aliphatic rings. The van der Waals surface area contributed by atoms with Crippen molar-refractivity contribution < 1.29 is 9.53 Å². The van der Waals surface area contributed by atoms with Crippen LogP contribution >= 0.6 is 15.9 Å². The molecule has 180 valence electrons. The highest BCUT2D eigenvalue weighted by atomic mass is 79.9. The molecule has 5 N–H and O–H groups in total. The van der Waals surface area contributed by atoms with Crippen molar-refractivity contribution in [3.63, 3.8) is 0 Å². The molecular formula is C26H27BrN6O2. The maximum absolute atomic E-state index is 12.4. The highest BCUT2D eigenvalue weighted by Crippen LogP contribution is 2.36. The van der Waals surface area contributed by atoms with E-state index in [1.54, 1.807) is 0 Å². The van der Waals surface area contributed by atoms with Crippen LogP contribution in [0.25, 0.3) is 22.0 Å². The van der Waals surface area contributed by atoms with E-state index in [-0.39, 0.29) is 6.03 Å². The van der Waals surface area contributed by atoms with E-state index in [0.29, 0.717) is 23.8 Å². The summed E-state index contributed by atoms with van der Waals surface area (Å²) in [5, 5.41) is 13.8. The molecule has 0 saturated carbocycles. The lowest BCUT2D eigenvalue weighted by atomic mass is 10.0. The van der Waals surface area contributed by atoms with Crippen LogP contribution < -0.4 is 21.1 Å². The molecule has 1 saturated heterocycles. The zero-order valence-corrected chi connectivity index (χ0v) is 20.8. The van der Waals surface area contributed by atoms with E-state index < -0.39 is 0 Å². The number of likely N-dealkylation sites (tertiary alicyclic amines) is 1. The van der Waals surface area contributed by atoms with Crippen molar-refractivity contribution in [2.75, 3.05) is 42.6 Å². The van der Waals surface area contributed by atoms with Gasteiger partial charge in [0.05, 0.1) is 5.39 Å². The molecule has 35 heavy (non-hydrogen) atoms. The highest BCUT2D eigenvalue weighted by Gasteiger charge is 2.16. The Morgan fingerprint density at radius 2 is 1.83 bits per heavy atom. The minimum Gasteiger partial charge on any atom is -0.490 e. The monoisotopic (exact) mass is 534 g/mol. The summed E-state index contributed by atoms with van der Waals surface area (Å²) in [5.41, 5.74) is 10.3. The Balaban J connectivity index is 1.29. The Bertz CT molecular complexity index is 1330. The number of H-pyrrole nitrogens is 1. The number of aromatic amines is 1. The van der Waals surface area contributed by atoms with Crippen molar-refractivity contribution in [1.29, 1.82) is 0 Å². The van der Waals surface area contributed by atoms with Gasteiger partial charge in [0.1, 0.15) is 17.9 Å². The minimum atomic E-state index is -0.312. The summed E-state index contributed by atoms with van der Waals surface area (Å²) in [6.07, 6.45) is 2.53. The highest BCUT2D eigenvalue weighted by molar-refractivity contribution is 9.10. The fraction of sp³-hybridized carbons (Fsp3) is 0.231. The van der Waals surface area contributed by atoms with E-state index in [1.165, 1.54) is 12.8 Å². The second-order valence-electron chi connectivity index (χ2n) is 8.53. The normalized spacial score (nSPS) is 13.7. The van der Waals surface area contributed by atoms with Crippen LogP contribution in [0, 0.1) is 0 Å². The van der Waals surface area contributed by atoms with Gasteiger partial charge in [0.2, 0.25) is 0 Å². The predicted octanol–water partition coefficient (Wildman–Crippen LogP) is 5.69. The van der Waals surface area contributed by atoms with E-state index in [1.807, 2.05) is 60.7 Å². The number of halogens is 1. The summed E-state index contributed by atoms with van der Waals surface area (Å²) in [5.74, 6) is 1.17. The fourth-order valence-corrected chi connectivity index (χ4v) is 4.78. The number of urea groups is 1. The molecule has 3 aromatic carbocycles. The number of aromatic nitrogens is 2. The molecule has 5 rings (SSSR count). The number of anilines is 3. The molecule has 9 heteroatoms. The van der Waals surface area contributed by atoms with Crippen LogP contribution in [0.1, 0.15) is 12.8 Å². The standard InChI is InChI=1S/C26H27BrN6O2/c27-18-4-3-5-20(16-18)30-26(34)29-19-8-6-17(7-9-19)21-10-11-22(24-23(21)25(28)32-31-24)35-15-14-33-12-1-2-13-33/h3-11,16H,1-2,12-15H2,(H3,28,31,32)(H2,29,30,34). The smallest absolute Gasteiger partial charge is 0.323 e. The second-order valence-corrected chi connectivity index (χ2v) is 9.45. The molecule has 0 bridgehead atoms. The van der Waals surface area contributed by atoms with E-state index in [9.17, 15) is 4.79 Å². The first-order chi connectivity index (χ1) is 17.1. The van der Waals surface area contributed by atoms with Gasteiger partial charge in [0.15, 0.2) is 5.82 Å². The first-order valence-electron chi connectivity index (χ1n) is 11.6. The zero-order chi connectivity index (χ0) is 24.2. The Hall–Kier alpha value is -3.56. The number of carbonyl (C=O) groups excluding carboxylic acids is 1. The predicted molar refractivity (Wildman–Crippen MR) is 144 cm³/mol. The van der Waals surface area contributed by atoms with Crippen molar-refractivity contribution in [3.05, 3.63) is 65.1 Å². The van der Waals surface area contributed by atoms with Crippen LogP contribution in [-0.4, -0.2) is 47.4 Å². The summed E-state index contributed by atoms with van der Waals surface area (Å²) in [6.45, 7) is 3.82. The Labute approximate surface area is 212 Å². The lowest BCUT2D eigenvalue weighted by Crippen LogP contribution is -2.25. The first kappa shape index (κ1) is 23.2. The lowest BCUT2D eigenvalue weighted by Gasteiger charge is -2.15. The number of nitrogens with zero attached hydrogens (tertiary/aromatic N) is 2. The van der Waals surface area contributed by atoms with Gasteiger partial charge in [0.25, 0.3) is 0 Å². The average molecular weight is 535 g/mol. The topological polar surface area (TPSA) is 108 Å². The minimum absolute atomic E-state index is 0.312. The summed E-state index contributed by atoms with van der Waals surface area (Å²) in [6, 6.07) is 18.7. The van der Waals surface area contributed by atoms with Crippen molar-refractivity contribution in [2.45, 2.75) is 12.8 Å². The quantitative estimate of drug-likeness (QED) is 0.243. The number of hydrogen-bond acceptors (Lipinski definition) is 5. The van der Waals surface area contributed by atoms with Gasteiger partial charge >= 0.3 is 6.03 Å². The van der Waals surface area contributed by atoms with Crippen molar-refractivity contribution in [2.24, 2.45) is 0 Å². The van der Waals surface area contributed by atoms with Gasteiger partial charge < -0.3 is 21.1 Å². The number of nitrogens with one attached hydrogen (secondary N) is 3. The molecule has 2 amide bonds. The second kappa shape index (κ2) is 10.4. The molecule has 1 aromatic heterocycles. The van der Waals surface area contributed by atoms with Crippen LogP contribution in [0.3, 0.4) is 0 Å². The molecule has 4 aromatic rings. The zero-order valence-electron chi connectivity index (χ0n) is 19.2. The number of benzene rings is 3. The van der Waals surface area contributed by atoms with Gasteiger partial charge in [-0.1, -0.05) is 34.1 Å². The number of carbonyl (C=O) groups is 1. The Morgan fingerprint density at radius 3 is 2.60 bits per heavy atom. The molecule has 0 atom stereocenters. The number of ether oxygens (including phenoxy) is 1. The molecule has 1 fully saturated rings. The largest absolute Gasteiger partial charge is 0.490 e. The molecule has 8 nitrogen and oxygen atoms in total. The number of nitrogen functional groups attached to an aromatic ring is 1. The van der Waals surface area contributed by atoms with E-state index in [2.05, 4.69) is 41.7 Å². The molecule has 0 radical (unpaired) electrons. The summed E-state index contributed by atoms with van der Waals surface area (Å²) in [7, 11) is 0. The number of hydrogen-bond donors (Lipinski definition) is 4. The van der Waals surface area contributed by atoms with Crippen LogP contribution in [0.15, 0.2) is 65.1 Å². The number of amides is 2. The van der Waals surface area contributed by atoms with Gasteiger partial charge in [-0.05, 0) is 79.5 Å². The van der Waals surface area contributed by atoms with Crippen LogP contribution in [0.5, 0.6) is 5.75 Å². The third kappa shape index (κ3) is 5.41. The number of nitrogens with two attached hydrogens (primary N) is 1. The van der Waals surface area contributed by atoms with Crippen LogP contribution in [0.2, 0.25) is 0 Å². The third-order valence-corrected chi connectivity index (χ3v) is 6.60.